The molecule has 0 radical (unpaired) electrons. The predicted octanol–water partition coefficient (Wildman–Crippen LogP) is 3.36. The molecular weight excluding hydrogens is 306 g/mol. The Morgan fingerprint density at radius 3 is 2.63 bits per heavy atom. The lowest BCUT2D eigenvalue weighted by Crippen LogP contribution is -2.45. The summed E-state index contributed by atoms with van der Waals surface area (Å²) in [6.45, 7) is 2.82. The van der Waals surface area contributed by atoms with Gasteiger partial charge in [-0.3, -0.25) is 4.79 Å². The maximum atomic E-state index is 12.3. The third kappa shape index (κ3) is 3.94. The molecule has 4 heteroatoms. The van der Waals surface area contributed by atoms with Crippen LogP contribution in [0.3, 0.4) is 0 Å². The molecular formula is C15H26BrNO2. The van der Waals surface area contributed by atoms with Crippen LogP contribution in [-0.2, 0) is 9.53 Å². The van der Waals surface area contributed by atoms with Crippen molar-refractivity contribution in [3.8, 4) is 0 Å². The van der Waals surface area contributed by atoms with E-state index in [1.54, 1.807) is 0 Å². The Hall–Kier alpha value is -0.0900. The molecule has 2 fully saturated rings. The number of hydrogen-bond acceptors (Lipinski definition) is 2. The average Bonchev–Trinajstić information content (AvgIpc) is 2.36. The number of carbonyl (C=O) groups excluding carboxylic acids is 1. The quantitative estimate of drug-likeness (QED) is 0.723. The highest BCUT2D eigenvalue weighted by atomic mass is 79.9. The molecule has 0 aromatic heterocycles. The summed E-state index contributed by atoms with van der Waals surface area (Å²) in [5.41, 5.74) is 0. The SMILES string of the molecule is CCOC1CC(CC(=O)N(C)C2CCCCC2Br)C1. The van der Waals surface area contributed by atoms with Gasteiger partial charge in [0, 0.05) is 30.9 Å². The second-order valence-electron chi connectivity index (χ2n) is 5.99. The zero-order valence-electron chi connectivity index (χ0n) is 12.1. The van der Waals surface area contributed by atoms with Crippen molar-refractivity contribution in [3.63, 3.8) is 0 Å². The molecule has 2 aliphatic carbocycles. The fraction of sp³-hybridized carbons (Fsp3) is 0.933. The standard InChI is InChI=1S/C15H26BrNO2/c1-3-19-12-8-11(9-12)10-15(18)17(2)14-7-5-4-6-13(14)16/h11-14H,3-10H2,1-2H3. The zero-order chi connectivity index (χ0) is 13.8. The van der Waals surface area contributed by atoms with E-state index in [2.05, 4.69) is 15.9 Å². The van der Waals surface area contributed by atoms with Crippen LogP contribution in [0.5, 0.6) is 0 Å². The number of carbonyl (C=O) groups is 1. The summed E-state index contributed by atoms with van der Waals surface area (Å²) in [4.78, 5) is 14.8. The van der Waals surface area contributed by atoms with E-state index in [1.807, 2.05) is 18.9 Å². The third-order valence-electron chi connectivity index (χ3n) is 4.60. The number of nitrogens with zero attached hydrogens (tertiary/aromatic N) is 1. The van der Waals surface area contributed by atoms with Gasteiger partial charge in [0.05, 0.1) is 6.10 Å². The van der Waals surface area contributed by atoms with Gasteiger partial charge >= 0.3 is 0 Å². The Bertz CT molecular complexity index is 305. The van der Waals surface area contributed by atoms with Crippen LogP contribution in [0, 0.1) is 5.92 Å². The predicted molar refractivity (Wildman–Crippen MR) is 80.5 cm³/mol. The number of alkyl halides is 1. The van der Waals surface area contributed by atoms with Crippen molar-refractivity contribution in [2.75, 3.05) is 13.7 Å². The van der Waals surface area contributed by atoms with Gasteiger partial charge in [0.15, 0.2) is 0 Å². The van der Waals surface area contributed by atoms with Crippen LogP contribution in [0.15, 0.2) is 0 Å². The molecule has 0 aliphatic heterocycles. The highest BCUT2D eigenvalue weighted by Gasteiger charge is 2.34. The normalized spacial score (nSPS) is 34.7. The topological polar surface area (TPSA) is 29.5 Å². The summed E-state index contributed by atoms with van der Waals surface area (Å²) in [6, 6.07) is 0.393. The number of hydrogen-bond donors (Lipinski definition) is 0. The lowest BCUT2D eigenvalue weighted by atomic mass is 9.79. The monoisotopic (exact) mass is 331 g/mol. The highest BCUT2D eigenvalue weighted by molar-refractivity contribution is 9.09. The number of amides is 1. The van der Waals surface area contributed by atoms with E-state index >= 15 is 0 Å². The first-order valence-electron chi connectivity index (χ1n) is 7.63. The second-order valence-corrected chi connectivity index (χ2v) is 7.17. The maximum absolute atomic E-state index is 12.3. The van der Waals surface area contributed by atoms with Gasteiger partial charge in [0.2, 0.25) is 5.91 Å². The minimum Gasteiger partial charge on any atom is -0.378 e. The third-order valence-corrected chi connectivity index (χ3v) is 5.66. The second kappa shape index (κ2) is 7.07. The Kier molecular flexibility index (Phi) is 5.70. The first kappa shape index (κ1) is 15.3. The van der Waals surface area contributed by atoms with E-state index in [9.17, 15) is 4.79 Å². The fourth-order valence-corrected chi connectivity index (χ4v) is 4.23. The van der Waals surface area contributed by atoms with Crippen LogP contribution < -0.4 is 0 Å². The summed E-state index contributed by atoms with van der Waals surface area (Å²) < 4.78 is 5.55. The Balaban J connectivity index is 1.74. The van der Waals surface area contributed by atoms with Gasteiger partial charge in [-0.15, -0.1) is 0 Å². The van der Waals surface area contributed by atoms with Crippen molar-refractivity contribution in [1.82, 2.24) is 4.90 Å². The summed E-state index contributed by atoms with van der Waals surface area (Å²) in [5.74, 6) is 0.861. The molecule has 0 heterocycles. The first-order chi connectivity index (χ1) is 9.11. The molecule has 3 nitrogen and oxygen atoms in total. The van der Waals surface area contributed by atoms with Crippen molar-refractivity contribution in [1.29, 1.82) is 0 Å². The minimum absolute atomic E-state index is 0.316. The number of ether oxygens (including phenoxy) is 1. The molecule has 19 heavy (non-hydrogen) atoms. The van der Waals surface area contributed by atoms with Crippen LogP contribution in [0.2, 0.25) is 0 Å². The largest absolute Gasteiger partial charge is 0.378 e. The van der Waals surface area contributed by atoms with Gasteiger partial charge in [-0.25, -0.2) is 0 Å². The lowest BCUT2D eigenvalue weighted by Gasteiger charge is -2.38. The molecule has 2 saturated carbocycles. The Morgan fingerprint density at radius 2 is 2.00 bits per heavy atom. The van der Waals surface area contributed by atoms with Crippen LogP contribution in [0.4, 0.5) is 0 Å². The highest BCUT2D eigenvalue weighted by Crippen LogP contribution is 2.34. The summed E-state index contributed by atoms with van der Waals surface area (Å²) in [7, 11) is 1.98. The Labute approximate surface area is 125 Å². The van der Waals surface area contributed by atoms with Crippen LogP contribution in [0.25, 0.3) is 0 Å². The lowest BCUT2D eigenvalue weighted by molar-refractivity contribution is -0.135. The van der Waals surface area contributed by atoms with E-state index in [0.717, 1.165) is 25.9 Å². The van der Waals surface area contributed by atoms with Crippen molar-refractivity contribution in [2.24, 2.45) is 5.92 Å². The molecule has 1 amide bonds. The van der Waals surface area contributed by atoms with Crippen molar-refractivity contribution >= 4 is 21.8 Å². The smallest absolute Gasteiger partial charge is 0.222 e. The van der Waals surface area contributed by atoms with Crippen LogP contribution >= 0.6 is 15.9 Å². The minimum atomic E-state index is 0.316. The van der Waals surface area contributed by atoms with E-state index < -0.39 is 0 Å². The Morgan fingerprint density at radius 1 is 1.32 bits per heavy atom. The van der Waals surface area contributed by atoms with Gasteiger partial charge in [0.25, 0.3) is 0 Å². The molecule has 2 atom stereocenters. The molecule has 0 aromatic carbocycles. The summed E-state index contributed by atoms with van der Waals surface area (Å²) in [5, 5.41) is 0. The van der Waals surface area contributed by atoms with Crippen LogP contribution in [0.1, 0.15) is 51.9 Å². The fourth-order valence-electron chi connectivity index (χ4n) is 3.29. The molecule has 2 aliphatic rings. The van der Waals surface area contributed by atoms with E-state index in [4.69, 9.17) is 4.74 Å². The number of halogens is 1. The van der Waals surface area contributed by atoms with Crippen LogP contribution in [-0.4, -0.2) is 41.4 Å². The molecule has 0 N–H and O–H groups in total. The van der Waals surface area contributed by atoms with Gasteiger partial charge in [0.1, 0.15) is 0 Å². The summed E-state index contributed by atoms with van der Waals surface area (Å²) >= 11 is 3.74. The molecule has 0 spiro atoms. The maximum Gasteiger partial charge on any atom is 0.222 e. The molecule has 0 aromatic rings. The number of rotatable bonds is 5. The van der Waals surface area contributed by atoms with Crippen molar-refractivity contribution in [2.45, 2.75) is 68.8 Å². The van der Waals surface area contributed by atoms with E-state index in [-0.39, 0.29) is 0 Å². The van der Waals surface area contributed by atoms with Gasteiger partial charge in [-0.05, 0) is 38.5 Å². The molecule has 2 rings (SSSR count). The molecule has 2 unspecified atom stereocenters. The molecule has 0 saturated heterocycles. The molecule has 0 bridgehead atoms. The first-order valence-corrected chi connectivity index (χ1v) is 8.54. The summed E-state index contributed by atoms with van der Waals surface area (Å²) in [6.07, 6.45) is 8.12. The van der Waals surface area contributed by atoms with E-state index in [0.29, 0.717) is 35.2 Å². The van der Waals surface area contributed by atoms with Gasteiger partial charge in [-0.2, -0.15) is 0 Å². The van der Waals surface area contributed by atoms with Crippen molar-refractivity contribution < 1.29 is 9.53 Å². The molecule has 110 valence electrons. The van der Waals surface area contributed by atoms with Gasteiger partial charge in [-0.1, -0.05) is 28.8 Å². The van der Waals surface area contributed by atoms with Gasteiger partial charge < -0.3 is 9.64 Å². The van der Waals surface area contributed by atoms with Crippen molar-refractivity contribution in [3.05, 3.63) is 0 Å². The zero-order valence-corrected chi connectivity index (χ0v) is 13.7. The average molecular weight is 332 g/mol. The van der Waals surface area contributed by atoms with E-state index in [1.165, 1.54) is 19.3 Å².